The third-order valence-electron chi connectivity index (χ3n) is 4.39. The number of nitriles is 1. The van der Waals surface area contributed by atoms with Crippen molar-refractivity contribution < 1.29 is 4.42 Å². The van der Waals surface area contributed by atoms with Gasteiger partial charge in [0.2, 0.25) is 5.89 Å². The summed E-state index contributed by atoms with van der Waals surface area (Å²) < 4.78 is 5.83. The second kappa shape index (κ2) is 7.67. The summed E-state index contributed by atoms with van der Waals surface area (Å²) in [4.78, 5) is 4.58. The normalized spacial score (nSPS) is 17.2. The summed E-state index contributed by atoms with van der Waals surface area (Å²) in [5, 5.41) is 9.03. The van der Waals surface area contributed by atoms with E-state index in [2.05, 4.69) is 23.7 Å². The molecule has 0 amide bonds. The van der Waals surface area contributed by atoms with Gasteiger partial charge in [-0.1, -0.05) is 36.9 Å². The van der Waals surface area contributed by atoms with Gasteiger partial charge in [0.05, 0.1) is 23.0 Å². The smallest absolute Gasteiger partial charge is 0.242 e. The van der Waals surface area contributed by atoms with Crippen LogP contribution < -0.4 is 5.73 Å². The van der Waals surface area contributed by atoms with Crippen LogP contribution in [-0.4, -0.2) is 4.98 Å². The van der Waals surface area contributed by atoms with Gasteiger partial charge in [-0.2, -0.15) is 5.26 Å². The van der Waals surface area contributed by atoms with Gasteiger partial charge in [0.25, 0.3) is 0 Å². The van der Waals surface area contributed by atoms with Crippen LogP contribution in [-0.2, 0) is 19.3 Å². The van der Waals surface area contributed by atoms with Gasteiger partial charge in [-0.25, -0.2) is 4.98 Å². The Balaban J connectivity index is 1.71. The molecule has 1 aromatic carbocycles. The Bertz CT molecular complexity index is 868. The minimum atomic E-state index is 0.492. The molecule has 1 heterocycles. The van der Waals surface area contributed by atoms with Crippen molar-refractivity contribution in [2.45, 2.75) is 25.7 Å². The van der Waals surface area contributed by atoms with Crippen LogP contribution in [0.1, 0.15) is 34.9 Å². The van der Waals surface area contributed by atoms with Crippen LogP contribution >= 0.6 is 0 Å². The fourth-order valence-electron chi connectivity index (χ4n) is 3.16. The van der Waals surface area contributed by atoms with Crippen molar-refractivity contribution in [2.75, 3.05) is 0 Å². The van der Waals surface area contributed by atoms with Gasteiger partial charge in [-0.05, 0) is 49.0 Å². The van der Waals surface area contributed by atoms with Crippen LogP contribution in [0.5, 0.6) is 0 Å². The van der Waals surface area contributed by atoms with E-state index in [1.54, 1.807) is 18.2 Å². The summed E-state index contributed by atoms with van der Waals surface area (Å²) in [6.07, 6.45) is 10.8. The van der Waals surface area contributed by atoms with Crippen molar-refractivity contribution in [1.82, 2.24) is 4.98 Å². The zero-order valence-corrected chi connectivity index (χ0v) is 14.1. The highest BCUT2D eigenvalue weighted by molar-refractivity contribution is 5.57. The first-order valence-electron chi connectivity index (χ1n) is 8.42. The number of fused-ring (bicyclic) bond motifs is 1. The summed E-state index contributed by atoms with van der Waals surface area (Å²) >= 11 is 0. The lowest BCUT2D eigenvalue weighted by Gasteiger charge is -2.20. The topological polar surface area (TPSA) is 75.8 Å². The van der Waals surface area contributed by atoms with Crippen LogP contribution in [0.15, 0.2) is 59.6 Å². The van der Waals surface area contributed by atoms with E-state index >= 15 is 0 Å². The number of rotatable bonds is 5. The highest BCUT2D eigenvalue weighted by atomic mass is 16.4. The molecule has 1 aliphatic rings. The molecule has 0 saturated carbocycles. The molecule has 2 aromatic rings. The fraction of sp³-hybridized carbons (Fsp3) is 0.238. The lowest BCUT2D eigenvalue weighted by atomic mass is 9.85. The van der Waals surface area contributed by atoms with Gasteiger partial charge in [-0.15, -0.1) is 0 Å². The Kier molecular flexibility index (Phi) is 5.15. The lowest BCUT2D eigenvalue weighted by molar-refractivity contribution is 0.399. The monoisotopic (exact) mass is 331 g/mol. The summed E-state index contributed by atoms with van der Waals surface area (Å²) in [6.45, 7) is 3.62. The highest BCUT2D eigenvalue weighted by Gasteiger charge is 2.24. The number of aromatic nitrogens is 1. The predicted molar refractivity (Wildman–Crippen MR) is 98.4 cm³/mol. The summed E-state index contributed by atoms with van der Waals surface area (Å²) in [5.74, 6) is 1.94. The van der Waals surface area contributed by atoms with Gasteiger partial charge in [0.15, 0.2) is 0 Å². The van der Waals surface area contributed by atoms with Crippen molar-refractivity contribution in [3.05, 3.63) is 83.6 Å². The maximum atomic E-state index is 9.03. The molecule has 4 heteroatoms. The van der Waals surface area contributed by atoms with Gasteiger partial charge in [0, 0.05) is 6.42 Å². The molecule has 0 bridgehead atoms. The van der Waals surface area contributed by atoms with E-state index in [9.17, 15) is 0 Å². The number of benzene rings is 1. The molecule has 1 aromatic heterocycles. The molecule has 4 nitrogen and oxygen atoms in total. The van der Waals surface area contributed by atoms with E-state index in [1.807, 2.05) is 24.3 Å². The molecule has 2 N–H and O–H groups in total. The predicted octanol–water partition coefficient (Wildman–Crippen LogP) is 3.94. The average Bonchev–Trinajstić information content (AvgIpc) is 3.05. The van der Waals surface area contributed by atoms with E-state index < -0.39 is 0 Å². The van der Waals surface area contributed by atoms with Gasteiger partial charge >= 0.3 is 0 Å². The van der Waals surface area contributed by atoms with E-state index in [0.717, 1.165) is 37.1 Å². The number of nitrogens with two attached hydrogens (primary N) is 1. The van der Waals surface area contributed by atoms with Crippen molar-refractivity contribution in [3.8, 4) is 6.07 Å². The minimum absolute atomic E-state index is 0.492. The van der Waals surface area contributed by atoms with Crippen molar-refractivity contribution >= 4 is 5.70 Å². The number of hydrogen-bond acceptors (Lipinski definition) is 4. The SMILES string of the molecule is C=C/C=C\C=C(/N)c1nc2c(o1)CCC(Cc1cccc(C#N)c1)C2. The third kappa shape index (κ3) is 4.07. The van der Waals surface area contributed by atoms with Gasteiger partial charge in [0.1, 0.15) is 5.76 Å². The number of nitrogens with zero attached hydrogens (tertiary/aromatic N) is 2. The average molecular weight is 331 g/mol. The van der Waals surface area contributed by atoms with E-state index in [4.69, 9.17) is 15.4 Å². The third-order valence-corrected chi connectivity index (χ3v) is 4.39. The minimum Gasteiger partial charge on any atom is -0.440 e. The van der Waals surface area contributed by atoms with Crippen LogP contribution in [0.3, 0.4) is 0 Å². The van der Waals surface area contributed by atoms with Gasteiger partial charge in [-0.3, -0.25) is 0 Å². The molecule has 126 valence electrons. The zero-order valence-electron chi connectivity index (χ0n) is 14.1. The second-order valence-electron chi connectivity index (χ2n) is 6.26. The molecule has 1 atom stereocenters. The Morgan fingerprint density at radius 1 is 1.44 bits per heavy atom. The van der Waals surface area contributed by atoms with E-state index in [1.165, 1.54) is 5.56 Å². The Labute approximate surface area is 148 Å². The molecule has 0 radical (unpaired) electrons. The molecule has 1 aliphatic carbocycles. The van der Waals surface area contributed by atoms with Crippen LogP contribution in [0.2, 0.25) is 0 Å². The quantitative estimate of drug-likeness (QED) is 0.842. The first-order chi connectivity index (χ1) is 12.2. The first kappa shape index (κ1) is 16.8. The van der Waals surface area contributed by atoms with E-state index in [-0.39, 0.29) is 0 Å². The zero-order chi connectivity index (χ0) is 17.6. The Morgan fingerprint density at radius 3 is 3.12 bits per heavy atom. The maximum absolute atomic E-state index is 9.03. The maximum Gasteiger partial charge on any atom is 0.242 e. The fourth-order valence-corrected chi connectivity index (χ4v) is 3.16. The largest absolute Gasteiger partial charge is 0.440 e. The van der Waals surface area contributed by atoms with Crippen LogP contribution in [0.4, 0.5) is 0 Å². The van der Waals surface area contributed by atoms with Crippen molar-refractivity contribution in [1.29, 1.82) is 5.26 Å². The van der Waals surface area contributed by atoms with Gasteiger partial charge < -0.3 is 10.2 Å². The first-order valence-corrected chi connectivity index (χ1v) is 8.42. The number of aryl methyl sites for hydroxylation is 1. The standard InChI is InChI=1S/C21H21N3O/c1-2-3-4-8-18(23)21-24-19-13-16(9-10-20(19)25-21)11-15-6-5-7-17(12-15)14-22/h2-8,12,16H,1,9-11,13,23H2/b4-3-,18-8-. The van der Waals surface area contributed by atoms with Crippen molar-refractivity contribution in [3.63, 3.8) is 0 Å². The highest BCUT2D eigenvalue weighted by Crippen LogP contribution is 2.29. The summed E-state index contributed by atoms with van der Waals surface area (Å²) in [5.41, 5.74) is 9.46. The molecule has 0 aliphatic heterocycles. The number of oxazole rings is 1. The van der Waals surface area contributed by atoms with Crippen LogP contribution in [0.25, 0.3) is 5.70 Å². The molecule has 0 spiro atoms. The Morgan fingerprint density at radius 2 is 2.32 bits per heavy atom. The Hall–Kier alpha value is -3.06. The molecular formula is C21H21N3O. The lowest BCUT2D eigenvalue weighted by Crippen LogP contribution is -2.16. The summed E-state index contributed by atoms with van der Waals surface area (Å²) in [7, 11) is 0. The molecule has 3 rings (SSSR count). The molecule has 0 fully saturated rings. The summed E-state index contributed by atoms with van der Waals surface area (Å²) in [6, 6.07) is 10.0. The second-order valence-corrected chi connectivity index (χ2v) is 6.26. The molecule has 1 unspecified atom stereocenters. The molecule has 0 saturated heterocycles. The number of allylic oxidation sites excluding steroid dienone is 4. The molecule has 25 heavy (non-hydrogen) atoms. The molecular weight excluding hydrogens is 310 g/mol. The number of hydrogen-bond donors (Lipinski definition) is 1. The van der Waals surface area contributed by atoms with E-state index in [0.29, 0.717) is 23.1 Å². The van der Waals surface area contributed by atoms with Crippen LogP contribution in [0, 0.1) is 17.2 Å². The van der Waals surface area contributed by atoms with Crippen molar-refractivity contribution in [2.24, 2.45) is 11.7 Å².